The van der Waals surface area contributed by atoms with Crippen LogP contribution >= 0.6 is 0 Å². The van der Waals surface area contributed by atoms with Crippen molar-refractivity contribution in [1.82, 2.24) is 19.9 Å². The predicted octanol–water partition coefficient (Wildman–Crippen LogP) is 4.36. The predicted molar refractivity (Wildman–Crippen MR) is 181 cm³/mol. The molecule has 0 saturated carbocycles. The summed E-state index contributed by atoms with van der Waals surface area (Å²) < 4.78 is 45.9. The summed E-state index contributed by atoms with van der Waals surface area (Å²) in [4.78, 5) is 52.1. The topological polar surface area (TPSA) is 169 Å². The molecule has 0 aliphatic heterocycles. The van der Waals surface area contributed by atoms with Gasteiger partial charge in [0.15, 0.2) is 0 Å². The highest BCUT2D eigenvalue weighted by Crippen LogP contribution is 2.44. The van der Waals surface area contributed by atoms with Crippen LogP contribution in [0, 0.1) is 0 Å². The standard InChI is InChI=1S/C35H40N4O9S/c1-6-20-46-33(42)36-23(2)31(40)37-39(34(43)47-22-29-27-18-12-10-16-25(27)26-17-11-13-19-28(26)29)49(44,45)38-30(32(41)48-35(3,4)5)21-24-14-8-7-9-15-24/h6-19,23,29-30,38H,1,20-22H2,2-5H3,(H,36,42)(H,37,40)/t23-,30+/m0/s1. The number of carbonyl (C=O) groups is 4. The van der Waals surface area contributed by atoms with E-state index >= 15 is 0 Å². The van der Waals surface area contributed by atoms with Crippen molar-refractivity contribution >= 4 is 34.3 Å². The van der Waals surface area contributed by atoms with Gasteiger partial charge in [0.25, 0.3) is 5.91 Å². The Bertz CT molecular complexity index is 1750. The zero-order chi connectivity index (χ0) is 35.8. The summed E-state index contributed by atoms with van der Waals surface area (Å²) >= 11 is 0. The molecule has 1 aliphatic rings. The molecule has 13 nitrogen and oxygen atoms in total. The second kappa shape index (κ2) is 15.8. The van der Waals surface area contributed by atoms with Crippen molar-refractivity contribution in [1.29, 1.82) is 0 Å². The molecule has 0 bridgehead atoms. The highest BCUT2D eigenvalue weighted by atomic mass is 32.2. The monoisotopic (exact) mass is 692 g/mol. The first kappa shape index (κ1) is 36.6. The highest BCUT2D eigenvalue weighted by Gasteiger charge is 2.39. The quantitative estimate of drug-likeness (QED) is 0.108. The molecule has 3 aromatic carbocycles. The van der Waals surface area contributed by atoms with E-state index in [1.807, 2.05) is 54.0 Å². The Balaban J connectivity index is 1.62. The van der Waals surface area contributed by atoms with Crippen LogP contribution in [0.25, 0.3) is 11.1 Å². The molecule has 0 spiro atoms. The Labute approximate surface area is 285 Å². The zero-order valence-corrected chi connectivity index (χ0v) is 28.5. The van der Waals surface area contributed by atoms with Crippen LogP contribution in [-0.2, 0) is 40.4 Å². The molecule has 3 N–H and O–H groups in total. The Kier molecular flexibility index (Phi) is 11.8. The van der Waals surface area contributed by atoms with Crippen LogP contribution in [0.2, 0.25) is 0 Å². The number of hydrogen-bond donors (Lipinski definition) is 3. The van der Waals surface area contributed by atoms with Crippen molar-refractivity contribution in [3.05, 3.63) is 108 Å². The molecule has 0 unspecified atom stereocenters. The second-order valence-electron chi connectivity index (χ2n) is 12.2. The second-order valence-corrected chi connectivity index (χ2v) is 13.7. The number of esters is 1. The van der Waals surface area contributed by atoms with Gasteiger partial charge in [-0.3, -0.25) is 9.59 Å². The first-order valence-electron chi connectivity index (χ1n) is 15.5. The molecule has 0 heterocycles. The summed E-state index contributed by atoms with van der Waals surface area (Å²) in [6, 6.07) is 20.8. The van der Waals surface area contributed by atoms with E-state index in [2.05, 4.69) is 16.6 Å². The largest absolute Gasteiger partial charge is 0.459 e. The maximum Gasteiger partial charge on any atom is 0.444 e. The minimum absolute atomic E-state index is 0.0300. The number of fused-ring (bicyclic) bond motifs is 3. The number of hydrazine groups is 1. The van der Waals surface area contributed by atoms with Gasteiger partial charge in [-0.15, -0.1) is 0 Å². The van der Waals surface area contributed by atoms with Crippen LogP contribution in [0.4, 0.5) is 9.59 Å². The molecular formula is C35H40N4O9S. The summed E-state index contributed by atoms with van der Waals surface area (Å²) in [5.41, 5.74) is 5.27. The van der Waals surface area contributed by atoms with E-state index in [0.29, 0.717) is 5.56 Å². The van der Waals surface area contributed by atoms with Crippen molar-refractivity contribution in [2.75, 3.05) is 13.2 Å². The molecule has 3 amide bonds. The molecule has 0 fully saturated rings. The molecule has 2 atom stereocenters. The highest BCUT2D eigenvalue weighted by molar-refractivity contribution is 7.87. The van der Waals surface area contributed by atoms with Gasteiger partial charge < -0.3 is 19.5 Å². The van der Waals surface area contributed by atoms with Gasteiger partial charge in [-0.2, -0.15) is 13.1 Å². The average molecular weight is 693 g/mol. The molecule has 0 aromatic heterocycles. The van der Waals surface area contributed by atoms with Gasteiger partial charge in [0.1, 0.15) is 30.9 Å². The fourth-order valence-corrected chi connectivity index (χ4v) is 6.20. The Morgan fingerprint density at radius 2 is 1.47 bits per heavy atom. The molecule has 14 heteroatoms. The lowest BCUT2D eigenvalue weighted by molar-refractivity contribution is -0.156. The van der Waals surface area contributed by atoms with Crippen LogP contribution in [0.15, 0.2) is 91.5 Å². The zero-order valence-electron chi connectivity index (χ0n) is 27.7. The molecule has 4 rings (SSSR count). The van der Waals surface area contributed by atoms with Gasteiger partial charge in [-0.1, -0.05) is 95.9 Å². The number of nitrogens with one attached hydrogen (secondary N) is 3. The Hall–Kier alpha value is -5.21. The number of benzene rings is 3. The summed E-state index contributed by atoms with van der Waals surface area (Å²) in [5, 5.41) is 2.24. The number of alkyl carbamates (subject to hydrolysis) is 1. The summed E-state index contributed by atoms with van der Waals surface area (Å²) in [5.74, 6) is -2.46. The molecule has 0 saturated heterocycles. The lowest BCUT2D eigenvalue weighted by atomic mass is 9.98. The molecule has 0 radical (unpaired) electrons. The van der Waals surface area contributed by atoms with Crippen molar-refractivity contribution in [2.45, 2.75) is 57.7 Å². The van der Waals surface area contributed by atoms with Crippen molar-refractivity contribution < 1.29 is 41.8 Å². The lowest BCUT2D eigenvalue weighted by Crippen LogP contribution is -2.60. The molecule has 3 aromatic rings. The van der Waals surface area contributed by atoms with Crippen LogP contribution in [-0.4, -0.2) is 67.8 Å². The van der Waals surface area contributed by atoms with E-state index in [9.17, 15) is 27.6 Å². The Morgan fingerprint density at radius 1 is 0.898 bits per heavy atom. The van der Waals surface area contributed by atoms with Crippen LogP contribution in [0.5, 0.6) is 0 Å². The van der Waals surface area contributed by atoms with E-state index in [1.54, 1.807) is 51.1 Å². The van der Waals surface area contributed by atoms with Crippen LogP contribution < -0.4 is 15.5 Å². The molecule has 49 heavy (non-hydrogen) atoms. The van der Waals surface area contributed by atoms with E-state index in [1.165, 1.54) is 13.0 Å². The summed E-state index contributed by atoms with van der Waals surface area (Å²) in [6.45, 7) is 9.13. The number of carbonyl (C=O) groups excluding carboxylic acids is 4. The fourth-order valence-electron chi connectivity index (χ4n) is 5.10. The summed E-state index contributed by atoms with van der Waals surface area (Å²) in [6.07, 6.45) is -1.28. The lowest BCUT2D eigenvalue weighted by Gasteiger charge is -2.28. The maximum absolute atomic E-state index is 13.9. The molecular weight excluding hydrogens is 652 g/mol. The third-order valence-corrected chi connectivity index (χ3v) is 8.58. The van der Waals surface area contributed by atoms with Gasteiger partial charge >= 0.3 is 28.4 Å². The van der Waals surface area contributed by atoms with E-state index in [4.69, 9.17) is 14.2 Å². The minimum Gasteiger partial charge on any atom is -0.459 e. The normalized spacial score (nSPS) is 13.6. The van der Waals surface area contributed by atoms with Gasteiger partial charge in [-0.05, 0) is 61.9 Å². The smallest absolute Gasteiger partial charge is 0.444 e. The third kappa shape index (κ3) is 9.67. The molecule has 1 aliphatic carbocycles. The number of nitrogens with zero attached hydrogens (tertiary/aromatic N) is 1. The maximum atomic E-state index is 13.9. The average Bonchev–Trinajstić information content (AvgIpc) is 3.37. The van der Waals surface area contributed by atoms with Gasteiger partial charge in [-0.25, -0.2) is 15.0 Å². The van der Waals surface area contributed by atoms with Crippen LogP contribution in [0.1, 0.15) is 50.3 Å². The Morgan fingerprint density at radius 3 is 2.04 bits per heavy atom. The van der Waals surface area contributed by atoms with Crippen molar-refractivity contribution in [3.8, 4) is 11.1 Å². The van der Waals surface area contributed by atoms with Gasteiger partial charge in [0.2, 0.25) is 0 Å². The molecule has 260 valence electrons. The van der Waals surface area contributed by atoms with Crippen molar-refractivity contribution in [2.24, 2.45) is 0 Å². The number of rotatable bonds is 12. The number of ether oxygens (including phenoxy) is 3. The van der Waals surface area contributed by atoms with Crippen LogP contribution in [0.3, 0.4) is 0 Å². The SMILES string of the molecule is C=CCOC(=O)N[C@@H](C)C(=O)NN(C(=O)OCC1c2ccccc2-c2ccccc21)S(=O)(=O)N[C@H](Cc1ccccc1)C(=O)OC(C)(C)C. The first-order chi connectivity index (χ1) is 23.2. The summed E-state index contributed by atoms with van der Waals surface area (Å²) in [7, 11) is -5.06. The van der Waals surface area contributed by atoms with E-state index in [0.717, 1.165) is 22.3 Å². The fraction of sp³-hybridized carbons (Fsp3) is 0.314. The minimum atomic E-state index is -5.06. The van der Waals surface area contributed by atoms with Gasteiger partial charge in [0, 0.05) is 5.92 Å². The number of amides is 3. The first-order valence-corrected chi connectivity index (χ1v) is 16.9. The number of hydrogen-bond acceptors (Lipinski definition) is 9. The van der Waals surface area contributed by atoms with E-state index in [-0.39, 0.29) is 24.0 Å². The third-order valence-electron chi connectivity index (χ3n) is 7.28. The van der Waals surface area contributed by atoms with Gasteiger partial charge in [0.05, 0.1) is 0 Å². The van der Waals surface area contributed by atoms with Crippen molar-refractivity contribution in [3.63, 3.8) is 0 Å². The van der Waals surface area contributed by atoms with E-state index < -0.39 is 57.9 Å².